The number of aryl methyl sites for hydroxylation is 1. The number of nitrogens with zero attached hydrogens (tertiary/aromatic N) is 5. The maximum Gasteiger partial charge on any atom is 0.251 e. The zero-order valence-electron chi connectivity index (χ0n) is 21.7. The van der Waals surface area contributed by atoms with Crippen LogP contribution in [0.15, 0.2) is 36.4 Å². The van der Waals surface area contributed by atoms with Gasteiger partial charge < -0.3 is 19.7 Å². The van der Waals surface area contributed by atoms with E-state index in [1.807, 2.05) is 32.0 Å². The largest absolute Gasteiger partial charge is 0.493 e. The molecule has 36 heavy (non-hydrogen) atoms. The highest BCUT2D eigenvalue weighted by atomic mass is 16.5. The Hall–Kier alpha value is -3.95. The second-order valence-corrected chi connectivity index (χ2v) is 8.94. The van der Waals surface area contributed by atoms with Crippen molar-refractivity contribution < 1.29 is 19.1 Å². The Balaban J connectivity index is 1.80. The van der Waals surface area contributed by atoms with Crippen LogP contribution in [0.1, 0.15) is 31.4 Å². The smallest absolute Gasteiger partial charge is 0.251 e. The van der Waals surface area contributed by atoms with Gasteiger partial charge >= 0.3 is 0 Å². The number of aromatic nitrogens is 4. The third kappa shape index (κ3) is 6.59. The Bertz CT molecular complexity index is 1210. The van der Waals surface area contributed by atoms with Crippen molar-refractivity contribution in [3.05, 3.63) is 47.5 Å². The van der Waals surface area contributed by atoms with Gasteiger partial charge in [-0.25, -0.2) is 0 Å². The van der Waals surface area contributed by atoms with Crippen LogP contribution >= 0.6 is 0 Å². The Labute approximate surface area is 211 Å². The minimum absolute atomic E-state index is 0.0988. The van der Waals surface area contributed by atoms with E-state index in [1.165, 1.54) is 9.70 Å². The van der Waals surface area contributed by atoms with Gasteiger partial charge in [0.2, 0.25) is 11.7 Å². The van der Waals surface area contributed by atoms with Crippen molar-refractivity contribution in [2.24, 2.45) is 5.92 Å². The van der Waals surface area contributed by atoms with E-state index in [0.717, 1.165) is 17.5 Å². The van der Waals surface area contributed by atoms with Crippen molar-refractivity contribution in [3.8, 4) is 22.9 Å². The van der Waals surface area contributed by atoms with Crippen LogP contribution in [0.25, 0.3) is 11.4 Å². The lowest BCUT2D eigenvalue weighted by atomic mass is 10.1. The summed E-state index contributed by atoms with van der Waals surface area (Å²) in [6, 6.07) is 11.0. The standard InChI is InChI=1S/C26H34N6O4/c1-17(2)12-13-27-24(33)15-31(21-9-7-8-18(3)19(21)4)25(34)16-32-29-26(28-30-32)20-10-11-22(35-5)23(14-20)36-6/h7-11,14,17H,12-13,15-16H2,1-6H3,(H,27,33). The number of anilines is 1. The Morgan fingerprint density at radius 2 is 1.83 bits per heavy atom. The van der Waals surface area contributed by atoms with Gasteiger partial charge in [-0.1, -0.05) is 26.0 Å². The predicted octanol–water partition coefficient (Wildman–Crippen LogP) is 3.17. The van der Waals surface area contributed by atoms with Crippen LogP contribution in [-0.4, -0.2) is 59.3 Å². The van der Waals surface area contributed by atoms with E-state index in [4.69, 9.17) is 9.47 Å². The molecule has 0 radical (unpaired) electrons. The van der Waals surface area contributed by atoms with Gasteiger partial charge in [0.05, 0.1) is 14.2 Å². The fraction of sp³-hybridized carbons (Fsp3) is 0.423. The van der Waals surface area contributed by atoms with Crippen molar-refractivity contribution in [2.75, 3.05) is 32.2 Å². The lowest BCUT2D eigenvalue weighted by molar-refractivity contribution is -0.124. The molecule has 3 aromatic rings. The number of methoxy groups -OCH3 is 2. The molecule has 1 heterocycles. The van der Waals surface area contributed by atoms with Gasteiger partial charge in [-0.15, -0.1) is 10.2 Å². The quantitative estimate of drug-likeness (QED) is 0.436. The Morgan fingerprint density at radius 3 is 2.53 bits per heavy atom. The van der Waals surface area contributed by atoms with Gasteiger partial charge in [0, 0.05) is 17.8 Å². The molecule has 192 valence electrons. The summed E-state index contributed by atoms with van der Waals surface area (Å²) < 4.78 is 10.6. The topological polar surface area (TPSA) is 111 Å². The second kappa shape index (κ2) is 12.1. The highest BCUT2D eigenvalue weighted by Gasteiger charge is 2.23. The van der Waals surface area contributed by atoms with Crippen LogP contribution < -0.4 is 19.7 Å². The fourth-order valence-corrected chi connectivity index (χ4v) is 3.64. The van der Waals surface area contributed by atoms with Crippen LogP contribution in [-0.2, 0) is 16.1 Å². The highest BCUT2D eigenvalue weighted by molar-refractivity contribution is 5.99. The molecule has 0 aliphatic rings. The number of benzene rings is 2. The number of ether oxygens (including phenoxy) is 2. The van der Waals surface area contributed by atoms with Gasteiger partial charge in [-0.05, 0) is 66.8 Å². The third-order valence-electron chi connectivity index (χ3n) is 5.88. The summed E-state index contributed by atoms with van der Waals surface area (Å²) >= 11 is 0. The molecular weight excluding hydrogens is 460 g/mol. The Kier molecular flexibility index (Phi) is 8.99. The molecule has 0 aliphatic heterocycles. The van der Waals surface area contributed by atoms with Gasteiger partial charge in [-0.2, -0.15) is 4.80 Å². The first-order valence-corrected chi connectivity index (χ1v) is 11.9. The summed E-state index contributed by atoms with van der Waals surface area (Å²) in [5.41, 5.74) is 3.31. The minimum Gasteiger partial charge on any atom is -0.493 e. The summed E-state index contributed by atoms with van der Waals surface area (Å²) in [5, 5.41) is 15.4. The highest BCUT2D eigenvalue weighted by Crippen LogP contribution is 2.30. The van der Waals surface area contributed by atoms with E-state index in [9.17, 15) is 9.59 Å². The molecule has 1 aromatic heterocycles. The lowest BCUT2D eigenvalue weighted by Crippen LogP contribution is -2.43. The minimum atomic E-state index is -0.320. The maximum absolute atomic E-state index is 13.4. The number of hydrogen-bond donors (Lipinski definition) is 1. The van der Waals surface area contributed by atoms with E-state index < -0.39 is 0 Å². The molecule has 0 atom stereocenters. The number of hydrogen-bond acceptors (Lipinski definition) is 7. The first-order chi connectivity index (χ1) is 17.2. The normalized spacial score (nSPS) is 10.9. The van der Waals surface area contributed by atoms with E-state index in [-0.39, 0.29) is 24.9 Å². The molecule has 0 fully saturated rings. The number of nitrogens with one attached hydrogen (secondary N) is 1. The fourth-order valence-electron chi connectivity index (χ4n) is 3.64. The monoisotopic (exact) mass is 494 g/mol. The van der Waals surface area contributed by atoms with Crippen LogP contribution in [0.5, 0.6) is 11.5 Å². The van der Waals surface area contributed by atoms with Crippen molar-refractivity contribution in [2.45, 2.75) is 40.7 Å². The summed E-state index contributed by atoms with van der Waals surface area (Å²) in [6.45, 7) is 8.39. The summed E-state index contributed by atoms with van der Waals surface area (Å²) in [7, 11) is 3.11. The number of rotatable bonds is 11. The molecule has 0 spiro atoms. The molecule has 10 heteroatoms. The van der Waals surface area contributed by atoms with Crippen molar-refractivity contribution in [1.82, 2.24) is 25.5 Å². The van der Waals surface area contributed by atoms with Gasteiger partial charge in [0.25, 0.3) is 5.91 Å². The summed E-state index contributed by atoms with van der Waals surface area (Å²) in [6.07, 6.45) is 0.866. The molecule has 0 saturated heterocycles. The molecule has 1 N–H and O–H groups in total. The average molecular weight is 495 g/mol. The molecule has 2 aromatic carbocycles. The van der Waals surface area contributed by atoms with E-state index in [1.54, 1.807) is 32.4 Å². The first-order valence-electron chi connectivity index (χ1n) is 11.9. The first kappa shape index (κ1) is 26.7. The van der Waals surface area contributed by atoms with Gasteiger partial charge in [0.15, 0.2) is 11.5 Å². The molecule has 0 bridgehead atoms. The van der Waals surface area contributed by atoms with Crippen molar-refractivity contribution >= 4 is 17.5 Å². The van der Waals surface area contributed by atoms with Gasteiger partial charge in [0.1, 0.15) is 13.1 Å². The van der Waals surface area contributed by atoms with Crippen LogP contribution in [0.2, 0.25) is 0 Å². The van der Waals surface area contributed by atoms with E-state index >= 15 is 0 Å². The summed E-state index contributed by atoms with van der Waals surface area (Å²) in [5.74, 6) is 1.39. The molecule has 0 saturated carbocycles. The number of carbonyl (C=O) groups is 2. The number of carbonyl (C=O) groups excluding carboxylic acids is 2. The Morgan fingerprint density at radius 1 is 1.08 bits per heavy atom. The van der Waals surface area contributed by atoms with Gasteiger partial charge in [-0.3, -0.25) is 9.59 Å². The molecule has 10 nitrogen and oxygen atoms in total. The molecule has 2 amide bonds. The molecule has 3 rings (SSSR count). The lowest BCUT2D eigenvalue weighted by Gasteiger charge is -2.24. The van der Waals surface area contributed by atoms with E-state index in [0.29, 0.717) is 41.0 Å². The SMILES string of the molecule is COc1ccc(-c2nnn(CC(=O)N(CC(=O)NCCC(C)C)c3cccc(C)c3C)n2)cc1OC. The average Bonchev–Trinajstić information content (AvgIpc) is 3.32. The maximum atomic E-state index is 13.4. The second-order valence-electron chi connectivity index (χ2n) is 8.94. The van der Waals surface area contributed by atoms with Crippen molar-refractivity contribution in [3.63, 3.8) is 0 Å². The molecule has 0 aliphatic carbocycles. The predicted molar refractivity (Wildman–Crippen MR) is 137 cm³/mol. The summed E-state index contributed by atoms with van der Waals surface area (Å²) in [4.78, 5) is 28.8. The zero-order chi connectivity index (χ0) is 26.2. The van der Waals surface area contributed by atoms with Crippen LogP contribution in [0.3, 0.4) is 0 Å². The van der Waals surface area contributed by atoms with Crippen LogP contribution in [0.4, 0.5) is 5.69 Å². The van der Waals surface area contributed by atoms with E-state index in [2.05, 4.69) is 34.6 Å². The van der Waals surface area contributed by atoms with Crippen molar-refractivity contribution in [1.29, 1.82) is 0 Å². The van der Waals surface area contributed by atoms with Crippen LogP contribution in [0, 0.1) is 19.8 Å². The molecular formula is C26H34N6O4. The zero-order valence-corrected chi connectivity index (χ0v) is 21.7. The number of tetrazole rings is 1. The number of amides is 2. The molecule has 0 unspecified atom stereocenters. The third-order valence-corrected chi connectivity index (χ3v) is 5.88.